The van der Waals surface area contributed by atoms with Crippen LogP contribution in [0.2, 0.25) is 0 Å². The van der Waals surface area contributed by atoms with Crippen LogP contribution >= 0.6 is 0 Å². The molecule has 0 saturated heterocycles. The van der Waals surface area contributed by atoms with Crippen LogP contribution in [0.4, 0.5) is 11.4 Å². The van der Waals surface area contributed by atoms with Gasteiger partial charge in [-0.1, -0.05) is 12.1 Å². The van der Waals surface area contributed by atoms with Gasteiger partial charge in [0.15, 0.2) is 18.1 Å². The summed E-state index contributed by atoms with van der Waals surface area (Å²) in [4.78, 5) is 36.7. The van der Waals surface area contributed by atoms with Gasteiger partial charge in [-0.25, -0.2) is 4.79 Å². The highest BCUT2D eigenvalue weighted by Gasteiger charge is 2.17. The van der Waals surface area contributed by atoms with Crippen molar-refractivity contribution >= 4 is 35.2 Å². The molecule has 1 aliphatic heterocycles. The molecule has 9 nitrogen and oxygen atoms in total. The summed E-state index contributed by atoms with van der Waals surface area (Å²) in [5.74, 6) is -0.109. The number of carbonyl (C=O) groups is 3. The van der Waals surface area contributed by atoms with E-state index in [1.807, 2.05) is 0 Å². The van der Waals surface area contributed by atoms with Gasteiger partial charge >= 0.3 is 5.97 Å². The lowest BCUT2D eigenvalue weighted by molar-refractivity contribution is -0.142. The lowest BCUT2D eigenvalue weighted by Crippen LogP contribution is -2.22. The molecule has 1 aromatic heterocycles. The minimum atomic E-state index is -0.703. The second-order valence-electron chi connectivity index (χ2n) is 6.57. The zero-order chi connectivity index (χ0) is 22.3. The molecule has 162 valence electrons. The van der Waals surface area contributed by atoms with E-state index in [2.05, 4.69) is 10.6 Å². The summed E-state index contributed by atoms with van der Waals surface area (Å²) in [6.07, 6.45) is 4.05. The van der Waals surface area contributed by atoms with Crippen molar-refractivity contribution in [2.75, 3.05) is 24.0 Å². The quantitative estimate of drug-likeness (QED) is 0.432. The van der Waals surface area contributed by atoms with Gasteiger partial charge < -0.3 is 29.3 Å². The van der Waals surface area contributed by atoms with Crippen LogP contribution < -0.4 is 20.1 Å². The Morgan fingerprint density at radius 3 is 2.66 bits per heavy atom. The van der Waals surface area contributed by atoms with Crippen molar-refractivity contribution in [3.8, 4) is 11.5 Å². The van der Waals surface area contributed by atoms with E-state index in [9.17, 15) is 14.4 Å². The third-order valence-electron chi connectivity index (χ3n) is 4.35. The molecule has 4 rings (SSSR count). The van der Waals surface area contributed by atoms with Gasteiger partial charge in [0, 0.05) is 17.8 Å². The molecule has 0 aliphatic carbocycles. The van der Waals surface area contributed by atoms with Crippen LogP contribution in [0.1, 0.15) is 16.1 Å². The van der Waals surface area contributed by atoms with E-state index < -0.39 is 24.4 Å². The van der Waals surface area contributed by atoms with Crippen molar-refractivity contribution < 1.29 is 33.0 Å². The molecule has 0 unspecified atom stereocenters. The fraction of sp³-hybridized carbons (Fsp3) is 0.0870. The van der Waals surface area contributed by atoms with Crippen molar-refractivity contribution in [1.29, 1.82) is 0 Å². The number of hydrogen-bond acceptors (Lipinski definition) is 7. The Hall–Kier alpha value is -4.53. The number of hydrogen-bond donors (Lipinski definition) is 2. The largest absolute Gasteiger partial charge is 0.465 e. The number of nitrogens with one attached hydrogen (secondary N) is 2. The highest BCUT2D eigenvalue weighted by atomic mass is 16.7. The predicted octanol–water partition coefficient (Wildman–Crippen LogP) is 3.46. The molecule has 0 fully saturated rings. The van der Waals surface area contributed by atoms with Crippen molar-refractivity contribution in [1.82, 2.24) is 0 Å². The number of para-hydroxylation sites is 1. The van der Waals surface area contributed by atoms with Gasteiger partial charge in [0.05, 0.1) is 17.5 Å². The van der Waals surface area contributed by atoms with Crippen LogP contribution in [-0.4, -0.2) is 31.2 Å². The van der Waals surface area contributed by atoms with Crippen LogP contribution in [0.3, 0.4) is 0 Å². The van der Waals surface area contributed by atoms with Gasteiger partial charge in [0.25, 0.3) is 11.8 Å². The first-order valence-electron chi connectivity index (χ1n) is 9.57. The molecule has 0 spiro atoms. The fourth-order valence-corrected chi connectivity index (χ4v) is 2.87. The predicted molar refractivity (Wildman–Crippen MR) is 114 cm³/mol. The Balaban J connectivity index is 1.34. The maximum Gasteiger partial charge on any atom is 0.331 e. The highest BCUT2D eigenvalue weighted by Crippen LogP contribution is 2.34. The Kier molecular flexibility index (Phi) is 6.17. The first-order valence-corrected chi connectivity index (χ1v) is 9.57. The molecule has 0 bridgehead atoms. The first-order chi connectivity index (χ1) is 15.6. The fourth-order valence-electron chi connectivity index (χ4n) is 2.87. The number of furan rings is 1. The van der Waals surface area contributed by atoms with E-state index >= 15 is 0 Å². The normalized spacial score (nSPS) is 11.9. The summed E-state index contributed by atoms with van der Waals surface area (Å²) in [6.45, 7) is -0.385. The van der Waals surface area contributed by atoms with Crippen LogP contribution in [0, 0.1) is 0 Å². The third-order valence-corrected chi connectivity index (χ3v) is 4.35. The van der Waals surface area contributed by atoms with Crippen LogP contribution in [-0.2, 0) is 14.3 Å². The van der Waals surface area contributed by atoms with Gasteiger partial charge in [0.2, 0.25) is 6.79 Å². The number of anilines is 2. The van der Waals surface area contributed by atoms with Crippen LogP contribution in [0.5, 0.6) is 11.5 Å². The molecule has 32 heavy (non-hydrogen) atoms. The van der Waals surface area contributed by atoms with Crippen molar-refractivity contribution in [3.63, 3.8) is 0 Å². The number of benzene rings is 2. The van der Waals surface area contributed by atoms with E-state index in [1.165, 1.54) is 12.3 Å². The minimum Gasteiger partial charge on any atom is -0.465 e. The van der Waals surface area contributed by atoms with Crippen LogP contribution in [0.25, 0.3) is 6.08 Å². The molecule has 2 aromatic carbocycles. The molecule has 0 saturated carbocycles. The maximum absolute atomic E-state index is 12.7. The Bertz CT molecular complexity index is 1170. The standard InChI is InChI=1S/C23H18N2O7/c26-21(13-30-22(27)10-8-16-4-3-11-29-16)25-18-6-2-1-5-17(18)23(28)24-15-7-9-19-20(12-15)32-14-31-19/h1-12H,13-14H2,(H,24,28)(H,25,26). The molecule has 2 amide bonds. The molecular weight excluding hydrogens is 416 g/mol. The maximum atomic E-state index is 12.7. The summed E-state index contributed by atoms with van der Waals surface area (Å²) in [6, 6.07) is 14.9. The summed E-state index contributed by atoms with van der Waals surface area (Å²) >= 11 is 0. The van der Waals surface area contributed by atoms with Crippen molar-refractivity contribution in [3.05, 3.63) is 78.3 Å². The average molecular weight is 434 g/mol. The van der Waals surface area contributed by atoms with Gasteiger partial charge in [-0.3, -0.25) is 9.59 Å². The van der Waals surface area contributed by atoms with E-state index in [0.717, 1.165) is 6.08 Å². The lowest BCUT2D eigenvalue weighted by Gasteiger charge is -2.12. The van der Waals surface area contributed by atoms with Gasteiger partial charge in [0.1, 0.15) is 5.76 Å². The Labute approximate surface area is 182 Å². The Morgan fingerprint density at radius 1 is 0.969 bits per heavy atom. The number of amides is 2. The lowest BCUT2D eigenvalue weighted by atomic mass is 10.1. The van der Waals surface area contributed by atoms with E-state index in [0.29, 0.717) is 22.9 Å². The highest BCUT2D eigenvalue weighted by molar-refractivity contribution is 6.10. The van der Waals surface area contributed by atoms with E-state index in [4.69, 9.17) is 18.6 Å². The monoisotopic (exact) mass is 434 g/mol. The molecule has 9 heteroatoms. The van der Waals surface area contributed by atoms with Gasteiger partial charge in [-0.05, 0) is 42.5 Å². The summed E-state index contributed by atoms with van der Waals surface area (Å²) in [5, 5.41) is 5.33. The molecule has 3 aromatic rings. The molecule has 0 radical (unpaired) electrons. The number of fused-ring (bicyclic) bond motifs is 1. The van der Waals surface area contributed by atoms with Crippen molar-refractivity contribution in [2.45, 2.75) is 0 Å². The number of ether oxygens (including phenoxy) is 3. The first kappa shape index (κ1) is 20.7. The summed E-state index contributed by atoms with van der Waals surface area (Å²) in [7, 11) is 0. The summed E-state index contributed by atoms with van der Waals surface area (Å²) < 4.78 is 20.5. The van der Waals surface area contributed by atoms with E-state index in [1.54, 1.807) is 54.6 Å². The number of esters is 1. The van der Waals surface area contributed by atoms with E-state index in [-0.39, 0.29) is 18.0 Å². The second-order valence-corrected chi connectivity index (χ2v) is 6.57. The second kappa shape index (κ2) is 9.52. The molecule has 0 atom stereocenters. The zero-order valence-corrected chi connectivity index (χ0v) is 16.7. The zero-order valence-electron chi connectivity index (χ0n) is 16.7. The molecule has 1 aliphatic rings. The summed E-state index contributed by atoms with van der Waals surface area (Å²) in [5.41, 5.74) is 1.03. The third kappa shape index (κ3) is 5.14. The van der Waals surface area contributed by atoms with Crippen LogP contribution in [0.15, 0.2) is 71.4 Å². The molecule has 2 heterocycles. The average Bonchev–Trinajstić information content (AvgIpc) is 3.48. The van der Waals surface area contributed by atoms with Gasteiger partial charge in [-0.2, -0.15) is 0 Å². The SMILES string of the molecule is O=C(COC(=O)C=Cc1ccco1)Nc1ccccc1C(=O)Nc1ccc2c(c1)OCO2. The molecular formula is C23H18N2O7. The Morgan fingerprint density at radius 2 is 1.81 bits per heavy atom. The van der Waals surface area contributed by atoms with Crippen molar-refractivity contribution in [2.24, 2.45) is 0 Å². The minimum absolute atomic E-state index is 0.130. The smallest absolute Gasteiger partial charge is 0.331 e. The molecule has 2 N–H and O–H groups in total. The number of rotatable bonds is 7. The number of carbonyl (C=O) groups excluding carboxylic acids is 3. The topological polar surface area (TPSA) is 116 Å². The van der Waals surface area contributed by atoms with Gasteiger partial charge in [-0.15, -0.1) is 0 Å².